The van der Waals surface area contributed by atoms with E-state index in [2.05, 4.69) is 11.1 Å². The second-order valence-electron chi connectivity index (χ2n) is 3.95. The lowest BCUT2D eigenvalue weighted by atomic mass is 10.0. The first kappa shape index (κ1) is 10.7. The Morgan fingerprint density at radius 1 is 1.38 bits per heavy atom. The summed E-state index contributed by atoms with van der Waals surface area (Å²) in [6, 6.07) is 8.03. The first-order valence-electron chi connectivity index (χ1n) is 5.30. The first-order valence-corrected chi connectivity index (χ1v) is 5.30. The van der Waals surface area contributed by atoms with Crippen LogP contribution < -0.4 is 0 Å². The van der Waals surface area contributed by atoms with Crippen molar-refractivity contribution in [1.82, 2.24) is 4.98 Å². The zero-order valence-corrected chi connectivity index (χ0v) is 9.70. The number of H-pyrrole nitrogens is 1. The van der Waals surface area contributed by atoms with Crippen molar-refractivity contribution >= 4 is 16.9 Å². The summed E-state index contributed by atoms with van der Waals surface area (Å²) in [5, 5.41) is 1.16. The molecule has 2 aromatic rings. The normalized spacial score (nSPS) is 12.7. The molecule has 0 bridgehead atoms. The second kappa shape index (κ2) is 4.00. The molecule has 0 fully saturated rings. The molecule has 0 radical (unpaired) electrons. The molecule has 16 heavy (non-hydrogen) atoms. The number of fused-ring (bicyclic) bond motifs is 1. The molecule has 0 aliphatic carbocycles. The smallest absolute Gasteiger partial charge is 0.314 e. The number of hydrogen-bond donors (Lipinski definition) is 1. The van der Waals surface area contributed by atoms with Crippen LogP contribution in [0.2, 0.25) is 0 Å². The fourth-order valence-corrected chi connectivity index (χ4v) is 2.03. The molecule has 1 aromatic carbocycles. The SMILES string of the molecule is COC(=O)[C@H](C)c1[nH]c2ccccc2c1C. The maximum Gasteiger partial charge on any atom is 0.314 e. The number of aromatic amines is 1. The van der Waals surface area contributed by atoms with Gasteiger partial charge in [-0.05, 0) is 25.5 Å². The minimum Gasteiger partial charge on any atom is -0.469 e. The number of para-hydroxylation sites is 1. The van der Waals surface area contributed by atoms with Crippen molar-refractivity contribution in [1.29, 1.82) is 0 Å². The highest BCUT2D eigenvalue weighted by Gasteiger charge is 2.20. The Bertz CT molecular complexity index is 528. The highest BCUT2D eigenvalue weighted by Crippen LogP contribution is 2.27. The van der Waals surface area contributed by atoms with Gasteiger partial charge >= 0.3 is 5.97 Å². The van der Waals surface area contributed by atoms with Crippen LogP contribution >= 0.6 is 0 Å². The van der Waals surface area contributed by atoms with E-state index in [1.54, 1.807) is 0 Å². The summed E-state index contributed by atoms with van der Waals surface area (Å²) >= 11 is 0. The number of hydrogen-bond acceptors (Lipinski definition) is 2. The summed E-state index contributed by atoms with van der Waals surface area (Å²) in [5.74, 6) is -0.466. The van der Waals surface area contributed by atoms with Crippen molar-refractivity contribution in [2.45, 2.75) is 19.8 Å². The number of aromatic nitrogens is 1. The van der Waals surface area contributed by atoms with E-state index in [0.717, 1.165) is 22.2 Å². The van der Waals surface area contributed by atoms with Gasteiger partial charge in [-0.3, -0.25) is 4.79 Å². The third-order valence-electron chi connectivity index (χ3n) is 2.99. The molecule has 0 saturated heterocycles. The van der Waals surface area contributed by atoms with Gasteiger partial charge in [-0.1, -0.05) is 18.2 Å². The van der Waals surface area contributed by atoms with E-state index in [4.69, 9.17) is 4.74 Å². The van der Waals surface area contributed by atoms with Gasteiger partial charge < -0.3 is 9.72 Å². The third-order valence-corrected chi connectivity index (χ3v) is 2.99. The minimum atomic E-state index is -0.252. The number of carbonyl (C=O) groups is 1. The fraction of sp³-hybridized carbons (Fsp3) is 0.308. The third kappa shape index (κ3) is 1.58. The van der Waals surface area contributed by atoms with Gasteiger partial charge in [0.1, 0.15) is 0 Å². The molecule has 0 saturated carbocycles. The standard InChI is InChI=1S/C13H15NO2/c1-8-10-6-4-5-7-11(10)14-12(8)9(2)13(15)16-3/h4-7,9,14H,1-3H3/t9-/m1/s1. The molecule has 0 unspecified atom stereocenters. The van der Waals surface area contributed by atoms with Crippen molar-refractivity contribution in [2.75, 3.05) is 7.11 Å². The number of ether oxygens (including phenoxy) is 1. The molecule has 0 spiro atoms. The van der Waals surface area contributed by atoms with Crippen LogP contribution in [0.5, 0.6) is 0 Å². The van der Waals surface area contributed by atoms with Crippen LogP contribution in [0.15, 0.2) is 24.3 Å². The molecule has 0 aliphatic heterocycles. The predicted octanol–water partition coefficient (Wildman–Crippen LogP) is 2.75. The van der Waals surface area contributed by atoms with E-state index in [1.807, 2.05) is 32.0 Å². The number of methoxy groups -OCH3 is 1. The Morgan fingerprint density at radius 3 is 2.69 bits per heavy atom. The number of benzene rings is 1. The van der Waals surface area contributed by atoms with Gasteiger partial charge in [0.15, 0.2) is 0 Å². The average molecular weight is 217 g/mol. The Labute approximate surface area is 94.4 Å². The number of rotatable bonds is 2. The maximum absolute atomic E-state index is 11.5. The van der Waals surface area contributed by atoms with Crippen molar-refractivity contribution in [3.8, 4) is 0 Å². The van der Waals surface area contributed by atoms with Gasteiger partial charge in [-0.25, -0.2) is 0 Å². The molecule has 3 heteroatoms. The van der Waals surface area contributed by atoms with Gasteiger partial charge in [0.05, 0.1) is 13.0 Å². The summed E-state index contributed by atoms with van der Waals surface area (Å²) in [5.41, 5.74) is 3.12. The van der Waals surface area contributed by atoms with Gasteiger partial charge in [-0.2, -0.15) is 0 Å². The lowest BCUT2D eigenvalue weighted by molar-refractivity contribution is -0.142. The van der Waals surface area contributed by atoms with Crippen LogP contribution in [0, 0.1) is 6.92 Å². The van der Waals surface area contributed by atoms with Crippen LogP contribution in [0.25, 0.3) is 10.9 Å². The van der Waals surface area contributed by atoms with E-state index >= 15 is 0 Å². The summed E-state index contributed by atoms with van der Waals surface area (Å²) in [6.45, 7) is 3.87. The van der Waals surface area contributed by atoms with Crippen molar-refractivity contribution in [2.24, 2.45) is 0 Å². The van der Waals surface area contributed by atoms with E-state index in [1.165, 1.54) is 7.11 Å². The molecule has 1 aromatic heterocycles. The summed E-state index contributed by atoms with van der Waals surface area (Å²) in [4.78, 5) is 14.8. The van der Waals surface area contributed by atoms with Crippen LogP contribution in [0.4, 0.5) is 0 Å². The molecule has 0 aliphatic rings. The van der Waals surface area contributed by atoms with Crippen LogP contribution in [0.3, 0.4) is 0 Å². The molecule has 2 rings (SSSR count). The van der Waals surface area contributed by atoms with Crippen LogP contribution in [0.1, 0.15) is 24.1 Å². The highest BCUT2D eigenvalue weighted by molar-refractivity contribution is 5.87. The van der Waals surface area contributed by atoms with Gasteiger partial charge in [0.25, 0.3) is 0 Å². The first-order chi connectivity index (χ1) is 7.65. The minimum absolute atomic E-state index is 0.213. The summed E-state index contributed by atoms with van der Waals surface area (Å²) in [7, 11) is 1.41. The van der Waals surface area contributed by atoms with E-state index in [0.29, 0.717) is 0 Å². The quantitative estimate of drug-likeness (QED) is 0.786. The molecular formula is C13H15NO2. The van der Waals surface area contributed by atoms with E-state index in [-0.39, 0.29) is 11.9 Å². The molecule has 1 atom stereocenters. The molecule has 1 heterocycles. The lowest BCUT2D eigenvalue weighted by Gasteiger charge is -2.08. The van der Waals surface area contributed by atoms with E-state index < -0.39 is 0 Å². The molecule has 0 amide bonds. The predicted molar refractivity (Wildman–Crippen MR) is 63.5 cm³/mol. The number of esters is 1. The average Bonchev–Trinajstić information content (AvgIpc) is 2.65. The molecule has 84 valence electrons. The number of carbonyl (C=O) groups excluding carboxylic acids is 1. The van der Waals surface area contributed by atoms with Crippen molar-refractivity contribution in [3.63, 3.8) is 0 Å². The maximum atomic E-state index is 11.5. The van der Waals surface area contributed by atoms with Gasteiger partial charge in [0.2, 0.25) is 0 Å². The van der Waals surface area contributed by atoms with Crippen LogP contribution in [-0.4, -0.2) is 18.1 Å². The monoisotopic (exact) mass is 217 g/mol. The summed E-state index contributed by atoms with van der Waals surface area (Å²) < 4.78 is 4.76. The van der Waals surface area contributed by atoms with Crippen molar-refractivity contribution < 1.29 is 9.53 Å². The Morgan fingerprint density at radius 2 is 2.06 bits per heavy atom. The van der Waals surface area contributed by atoms with Gasteiger partial charge in [0, 0.05) is 16.6 Å². The fourth-order valence-electron chi connectivity index (χ4n) is 2.03. The van der Waals surface area contributed by atoms with Crippen molar-refractivity contribution in [3.05, 3.63) is 35.5 Å². The molecule has 3 nitrogen and oxygen atoms in total. The zero-order valence-electron chi connectivity index (χ0n) is 9.70. The molecular weight excluding hydrogens is 202 g/mol. The number of aryl methyl sites for hydroxylation is 1. The highest BCUT2D eigenvalue weighted by atomic mass is 16.5. The zero-order chi connectivity index (χ0) is 11.7. The van der Waals surface area contributed by atoms with Gasteiger partial charge in [-0.15, -0.1) is 0 Å². The number of nitrogens with one attached hydrogen (secondary N) is 1. The Balaban J connectivity index is 2.53. The largest absolute Gasteiger partial charge is 0.469 e. The van der Waals surface area contributed by atoms with E-state index in [9.17, 15) is 4.79 Å². The Hall–Kier alpha value is -1.77. The molecule has 1 N–H and O–H groups in total. The second-order valence-corrected chi connectivity index (χ2v) is 3.95. The van der Waals surface area contributed by atoms with Crippen LogP contribution in [-0.2, 0) is 9.53 Å². The topological polar surface area (TPSA) is 42.1 Å². The lowest BCUT2D eigenvalue weighted by Crippen LogP contribution is -2.11. The Kier molecular flexibility index (Phi) is 2.69. The summed E-state index contributed by atoms with van der Waals surface area (Å²) in [6.07, 6.45) is 0.